The van der Waals surface area contributed by atoms with Gasteiger partial charge in [0, 0.05) is 0 Å². The van der Waals surface area contributed by atoms with E-state index in [1.54, 1.807) is 24.3 Å². The quantitative estimate of drug-likeness (QED) is 0.716. The average Bonchev–Trinajstić information content (AvgIpc) is 2.56. The summed E-state index contributed by atoms with van der Waals surface area (Å²) < 4.78 is 19.3. The number of anilines is 1. The van der Waals surface area contributed by atoms with E-state index >= 15 is 0 Å². The lowest BCUT2D eigenvalue weighted by Crippen LogP contribution is -2.25. The fourth-order valence-corrected chi connectivity index (χ4v) is 2.53. The molecule has 122 valence electrons. The molecule has 1 N–H and O–H groups in total. The van der Waals surface area contributed by atoms with E-state index in [1.807, 2.05) is 25.1 Å². The second kappa shape index (κ2) is 8.67. The van der Waals surface area contributed by atoms with E-state index in [4.69, 9.17) is 4.74 Å². The number of carbonyl (C=O) groups excluding carboxylic acids is 1. The fourth-order valence-electron chi connectivity index (χ4n) is 2.07. The van der Waals surface area contributed by atoms with Crippen molar-refractivity contribution in [3.8, 4) is 5.75 Å². The van der Waals surface area contributed by atoms with Gasteiger partial charge in [0.25, 0.3) is 0 Å². The van der Waals surface area contributed by atoms with Crippen molar-refractivity contribution in [3.63, 3.8) is 0 Å². The van der Waals surface area contributed by atoms with Crippen LogP contribution >= 0.6 is 15.9 Å². The number of para-hydroxylation sites is 2. The average molecular weight is 380 g/mol. The molecular weight excluding hydrogens is 361 g/mol. The normalized spacial score (nSPS) is 11.8. The zero-order valence-corrected chi connectivity index (χ0v) is 14.5. The van der Waals surface area contributed by atoms with E-state index in [1.165, 1.54) is 6.07 Å². The predicted octanol–water partition coefficient (Wildman–Crippen LogP) is 4.56. The van der Waals surface area contributed by atoms with Crippen molar-refractivity contribution in [1.82, 2.24) is 0 Å². The molecular formula is C18H19BrFNO2. The minimum atomic E-state index is -0.529. The molecule has 23 heavy (non-hydrogen) atoms. The van der Waals surface area contributed by atoms with E-state index in [-0.39, 0.29) is 18.1 Å². The number of halogens is 2. The van der Waals surface area contributed by atoms with Crippen molar-refractivity contribution < 1.29 is 13.9 Å². The molecule has 1 unspecified atom stereocenters. The highest BCUT2D eigenvalue weighted by atomic mass is 79.9. The van der Waals surface area contributed by atoms with Crippen molar-refractivity contribution in [1.29, 1.82) is 0 Å². The predicted molar refractivity (Wildman–Crippen MR) is 93.7 cm³/mol. The van der Waals surface area contributed by atoms with Gasteiger partial charge in [-0.2, -0.15) is 0 Å². The molecule has 0 bridgehead atoms. The molecule has 5 heteroatoms. The van der Waals surface area contributed by atoms with Crippen LogP contribution in [0, 0.1) is 5.82 Å². The van der Waals surface area contributed by atoms with Crippen LogP contribution in [0.2, 0.25) is 0 Å². The molecule has 0 saturated heterocycles. The first-order valence-corrected chi connectivity index (χ1v) is 8.43. The molecule has 0 spiro atoms. The summed E-state index contributed by atoms with van der Waals surface area (Å²) in [5.41, 5.74) is 1.11. The maximum absolute atomic E-state index is 13.7. The number of alkyl halides is 1. The van der Waals surface area contributed by atoms with Crippen LogP contribution in [-0.2, 0) is 11.2 Å². The van der Waals surface area contributed by atoms with Gasteiger partial charge in [-0.15, -0.1) is 0 Å². The zero-order chi connectivity index (χ0) is 16.7. The van der Waals surface area contributed by atoms with Gasteiger partial charge < -0.3 is 10.1 Å². The minimum absolute atomic E-state index is 0.235. The Morgan fingerprint density at radius 1 is 1.22 bits per heavy atom. The molecule has 1 amide bonds. The second-order valence-corrected chi connectivity index (χ2v) is 6.20. The number of hydrogen-bond acceptors (Lipinski definition) is 2. The van der Waals surface area contributed by atoms with Crippen LogP contribution in [-0.4, -0.2) is 17.3 Å². The molecule has 0 radical (unpaired) electrons. The van der Waals surface area contributed by atoms with Gasteiger partial charge in [-0.3, -0.25) is 4.79 Å². The molecule has 0 aliphatic carbocycles. The molecule has 2 aromatic carbocycles. The number of rotatable bonds is 7. The number of ether oxygens (including phenoxy) is 1. The summed E-state index contributed by atoms with van der Waals surface area (Å²) in [6.07, 6.45) is 1.16. The van der Waals surface area contributed by atoms with E-state index in [0.29, 0.717) is 23.6 Å². The lowest BCUT2D eigenvalue weighted by Gasteiger charge is -2.14. The van der Waals surface area contributed by atoms with Gasteiger partial charge in [-0.25, -0.2) is 4.39 Å². The summed E-state index contributed by atoms with van der Waals surface area (Å²) in [5, 5.41) is 2.83. The van der Waals surface area contributed by atoms with Crippen molar-refractivity contribution in [2.75, 3.05) is 11.9 Å². The molecule has 0 aromatic heterocycles. The van der Waals surface area contributed by atoms with Gasteiger partial charge in [0.2, 0.25) is 5.91 Å². The molecule has 0 heterocycles. The summed E-state index contributed by atoms with van der Waals surface area (Å²) in [6.45, 7) is 2.60. The van der Waals surface area contributed by atoms with E-state index in [0.717, 1.165) is 6.42 Å². The first-order chi connectivity index (χ1) is 11.1. The Hall–Kier alpha value is -1.88. The lowest BCUT2D eigenvalue weighted by molar-refractivity contribution is -0.115. The monoisotopic (exact) mass is 379 g/mol. The Balaban J connectivity index is 2.02. The van der Waals surface area contributed by atoms with Gasteiger partial charge in [0.05, 0.1) is 17.1 Å². The fraction of sp³-hybridized carbons (Fsp3) is 0.278. The smallest absolute Gasteiger partial charge is 0.238 e. The van der Waals surface area contributed by atoms with Gasteiger partial charge in [0.1, 0.15) is 11.6 Å². The highest BCUT2D eigenvalue weighted by molar-refractivity contribution is 9.10. The Bertz CT molecular complexity index is 663. The SMILES string of the molecule is CCCOc1ccccc1NC(=O)C(Br)Cc1ccccc1F. The molecule has 2 rings (SSSR count). The first kappa shape index (κ1) is 17.5. The summed E-state index contributed by atoms with van der Waals surface area (Å²) >= 11 is 3.33. The highest BCUT2D eigenvalue weighted by Gasteiger charge is 2.18. The Morgan fingerprint density at radius 3 is 2.65 bits per heavy atom. The molecule has 0 aliphatic heterocycles. The Kier molecular flexibility index (Phi) is 6.59. The molecule has 2 aromatic rings. The van der Waals surface area contributed by atoms with Crippen LogP contribution in [0.4, 0.5) is 10.1 Å². The summed E-state index contributed by atoms with van der Waals surface area (Å²) in [4.78, 5) is 11.8. The zero-order valence-electron chi connectivity index (χ0n) is 12.9. The summed E-state index contributed by atoms with van der Waals surface area (Å²) in [6, 6.07) is 13.7. The topological polar surface area (TPSA) is 38.3 Å². The van der Waals surface area contributed by atoms with Crippen LogP contribution in [0.15, 0.2) is 48.5 Å². The third-order valence-corrected chi connectivity index (χ3v) is 3.99. The van der Waals surface area contributed by atoms with E-state index in [2.05, 4.69) is 21.2 Å². The maximum Gasteiger partial charge on any atom is 0.238 e. The van der Waals surface area contributed by atoms with Gasteiger partial charge in [-0.1, -0.05) is 53.2 Å². The molecule has 3 nitrogen and oxygen atoms in total. The van der Waals surface area contributed by atoms with E-state index < -0.39 is 4.83 Å². The van der Waals surface area contributed by atoms with Crippen LogP contribution < -0.4 is 10.1 Å². The largest absolute Gasteiger partial charge is 0.491 e. The molecule has 0 fully saturated rings. The van der Waals surface area contributed by atoms with Crippen molar-refractivity contribution in [2.45, 2.75) is 24.6 Å². The summed E-state index contributed by atoms with van der Waals surface area (Å²) in [5.74, 6) is 0.0884. The van der Waals surface area contributed by atoms with Gasteiger partial charge in [-0.05, 0) is 36.6 Å². The molecule has 0 aliphatic rings. The lowest BCUT2D eigenvalue weighted by atomic mass is 10.1. The first-order valence-electron chi connectivity index (χ1n) is 7.52. The molecule has 0 saturated carbocycles. The standard InChI is InChI=1S/C18H19BrFNO2/c1-2-11-23-17-10-6-5-9-16(17)21-18(22)14(19)12-13-7-3-4-8-15(13)20/h3-10,14H,2,11-12H2,1H3,(H,21,22). The number of amides is 1. The Morgan fingerprint density at radius 2 is 1.91 bits per heavy atom. The van der Waals surface area contributed by atoms with Gasteiger partial charge >= 0.3 is 0 Å². The van der Waals surface area contributed by atoms with Crippen LogP contribution in [0.1, 0.15) is 18.9 Å². The molecule has 1 atom stereocenters. The number of hydrogen-bond donors (Lipinski definition) is 1. The minimum Gasteiger partial charge on any atom is -0.491 e. The summed E-state index contributed by atoms with van der Waals surface area (Å²) in [7, 11) is 0. The van der Waals surface area contributed by atoms with Crippen LogP contribution in [0.25, 0.3) is 0 Å². The van der Waals surface area contributed by atoms with Crippen molar-refractivity contribution >= 4 is 27.5 Å². The van der Waals surface area contributed by atoms with Crippen molar-refractivity contribution in [3.05, 3.63) is 59.9 Å². The maximum atomic E-state index is 13.7. The third-order valence-electron chi connectivity index (χ3n) is 3.25. The van der Waals surface area contributed by atoms with Crippen LogP contribution in [0.5, 0.6) is 5.75 Å². The third kappa shape index (κ3) is 5.06. The second-order valence-electron chi connectivity index (χ2n) is 5.10. The van der Waals surface area contributed by atoms with E-state index in [9.17, 15) is 9.18 Å². The number of nitrogens with one attached hydrogen (secondary N) is 1. The van der Waals surface area contributed by atoms with Gasteiger partial charge in [0.15, 0.2) is 0 Å². The van der Waals surface area contributed by atoms with Crippen molar-refractivity contribution in [2.24, 2.45) is 0 Å². The van der Waals surface area contributed by atoms with Crippen LogP contribution in [0.3, 0.4) is 0 Å². The Labute approximate surface area is 144 Å². The number of benzene rings is 2. The highest BCUT2D eigenvalue weighted by Crippen LogP contribution is 2.25. The number of carbonyl (C=O) groups is 1.